The summed E-state index contributed by atoms with van der Waals surface area (Å²) in [5, 5.41) is 5.11. The van der Waals surface area contributed by atoms with Gasteiger partial charge >= 0.3 is 0 Å². The summed E-state index contributed by atoms with van der Waals surface area (Å²) in [6.45, 7) is 13.7. The molecule has 8 aromatic rings. The van der Waals surface area contributed by atoms with Gasteiger partial charge < -0.3 is 4.57 Å². The molecule has 1 aliphatic rings. The second-order valence-corrected chi connectivity index (χ2v) is 19.1. The fourth-order valence-electron chi connectivity index (χ4n) is 8.20. The minimum absolute atomic E-state index is 0.0616. The molecule has 268 valence electrons. The summed E-state index contributed by atoms with van der Waals surface area (Å²) in [6.07, 6.45) is 1.76. The van der Waals surface area contributed by atoms with Crippen molar-refractivity contribution in [1.29, 1.82) is 0 Å². The van der Waals surface area contributed by atoms with Gasteiger partial charge in [0.05, 0.1) is 20.8 Å². The quantitative estimate of drug-likeness (QED) is 0.181. The van der Waals surface area contributed by atoms with Crippen molar-refractivity contribution in [1.82, 2.24) is 4.57 Å². The second kappa shape index (κ2) is 12.3. The third-order valence-electron chi connectivity index (χ3n) is 11.4. The first-order valence-corrected chi connectivity index (χ1v) is 20.4. The molecule has 0 spiro atoms. The van der Waals surface area contributed by atoms with E-state index in [-0.39, 0.29) is 10.8 Å². The van der Waals surface area contributed by atoms with Gasteiger partial charge in [0.25, 0.3) is 0 Å². The van der Waals surface area contributed by atoms with Crippen LogP contribution in [0.4, 0.5) is 0 Å². The Bertz CT molecular complexity index is 2810. The van der Waals surface area contributed by atoms with E-state index in [1.807, 2.05) is 18.2 Å². The number of hydrogen-bond donors (Lipinski definition) is 0. The summed E-state index contributed by atoms with van der Waals surface area (Å²) in [6, 6.07) is 48.4. The van der Waals surface area contributed by atoms with Crippen molar-refractivity contribution in [3.8, 4) is 16.8 Å². The SMILES string of the molecule is CC(C)(C)c1ccc2c(c1)c1cc(C(C)(C)C)ccc1n2-c1ccc2cc3c(cc2c1)Cc1ccc(-c2ccc(S(=O)(=O)c4ccccc4)cc2)cc1C3. The highest BCUT2D eigenvalue weighted by atomic mass is 32.2. The van der Waals surface area contributed by atoms with Crippen LogP contribution in [0.25, 0.3) is 49.4 Å². The molecular weight excluding hydrogens is 679 g/mol. The summed E-state index contributed by atoms with van der Waals surface area (Å²) in [5.41, 5.74) is 14.0. The molecule has 1 aromatic heterocycles. The van der Waals surface area contributed by atoms with E-state index in [0.717, 1.165) is 24.0 Å². The Kier molecular flexibility index (Phi) is 7.81. The van der Waals surface area contributed by atoms with E-state index in [9.17, 15) is 8.42 Å². The Morgan fingerprint density at radius 3 is 1.61 bits per heavy atom. The zero-order valence-corrected chi connectivity index (χ0v) is 32.7. The molecule has 0 aliphatic heterocycles. The van der Waals surface area contributed by atoms with Crippen LogP contribution >= 0.6 is 0 Å². The Balaban J connectivity index is 1.06. The minimum atomic E-state index is -3.55. The molecule has 0 fully saturated rings. The van der Waals surface area contributed by atoms with E-state index in [0.29, 0.717) is 9.79 Å². The maximum absolute atomic E-state index is 13.1. The number of sulfone groups is 1. The van der Waals surface area contributed by atoms with Crippen molar-refractivity contribution in [3.63, 3.8) is 0 Å². The maximum Gasteiger partial charge on any atom is 0.206 e. The monoisotopic (exact) mass is 723 g/mol. The molecule has 0 saturated heterocycles. The molecule has 1 aliphatic carbocycles. The van der Waals surface area contributed by atoms with Crippen molar-refractivity contribution in [2.24, 2.45) is 0 Å². The molecule has 1 heterocycles. The smallest absolute Gasteiger partial charge is 0.206 e. The Hall–Kier alpha value is -5.45. The number of aromatic nitrogens is 1. The van der Waals surface area contributed by atoms with E-state index in [4.69, 9.17) is 0 Å². The fraction of sp³-hybridized carbons (Fsp3) is 0.200. The molecule has 0 bridgehead atoms. The summed E-state index contributed by atoms with van der Waals surface area (Å²) in [7, 11) is -3.55. The molecule has 0 unspecified atom stereocenters. The molecule has 9 rings (SSSR count). The van der Waals surface area contributed by atoms with Crippen LogP contribution < -0.4 is 0 Å². The molecule has 4 heteroatoms. The number of rotatable bonds is 4. The predicted molar refractivity (Wildman–Crippen MR) is 225 cm³/mol. The van der Waals surface area contributed by atoms with Crippen LogP contribution in [0.15, 0.2) is 149 Å². The topological polar surface area (TPSA) is 39.1 Å². The number of nitrogens with zero attached hydrogens (tertiary/aromatic N) is 1. The Morgan fingerprint density at radius 2 is 1.00 bits per heavy atom. The van der Waals surface area contributed by atoms with Crippen molar-refractivity contribution in [2.75, 3.05) is 0 Å². The third-order valence-corrected chi connectivity index (χ3v) is 13.2. The van der Waals surface area contributed by atoms with Crippen molar-refractivity contribution in [3.05, 3.63) is 173 Å². The van der Waals surface area contributed by atoms with E-state index in [1.165, 1.54) is 71.6 Å². The lowest BCUT2D eigenvalue weighted by molar-refractivity contribution is 0.590. The number of fused-ring (bicyclic) bond motifs is 6. The lowest BCUT2D eigenvalue weighted by Crippen LogP contribution is -2.10. The zero-order valence-electron chi connectivity index (χ0n) is 31.9. The van der Waals surface area contributed by atoms with Gasteiger partial charge in [-0.05, 0) is 140 Å². The molecule has 54 heavy (non-hydrogen) atoms. The standard InChI is InChI=1S/C50H45NO2S/c1-49(2,3)40-17-22-47-45(30-40)46-31-41(50(4,5)6)18-23-48(46)51(47)42-19-14-35-26-37-27-36-24-33(12-13-34(36)25-38(37)28-39(35)29-42)32-15-20-44(21-16-32)54(52,53)43-10-8-7-9-11-43/h7-24,26,28-31H,25,27H2,1-6H3. The molecule has 0 saturated carbocycles. The van der Waals surface area contributed by atoms with Crippen LogP contribution in [0, 0.1) is 0 Å². The summed E-state index contributed by atoms with van der Waals surface area (Å²) >= 11 is 0. The molecule has 0 N–H and O–H groups in total. The first-order chi connectivity index (χ1) is 25.7. The van der Waals surface area contributed by atoms with Crippen LogP contribution in [0.1, 0.15) is 74.9 Å². The molecule has 0 amide bonds. The fourth-order valence-corrected chi connectivity index (χ4v) is 9.48. The zero-order chi connectivity index (χ0) is 37.6. The van der Waals surface area contributed by atoms with E-state index < -0.39 is 9.84 Å². The van der Waals surface area contributed by atoms with Gasteiger partial charge in [-0.2, -0.15) is 0 Å². The van der Waals surface area contributed by atoms with Crippen molar-refractivity contribution >= 4 is 42.4 Å². The van der Waals surface area contributed by atoms with Gasteiger partial charge in [0.1, 0.15) is 0 Å². The molecular formula is C50H45NO2S. The highest BCUT2D eigenvalue weighted by Crippen LogP contribution is 2.39. The molecule has 0 atom stereocenters. The number of hydrogen-bond acceptors (Lipinski definition) is 2. The molecule has 7 aromatic carbocycles. The maximum atomic E-state index is 13.1. The first kappa shape index (κ1) is 34.3. The van der Waals surface area contributed by atoms with Gasteiger partial charge in [0.15, 0.2) is 0 Å². The van der Waals surface area contributed by atoms with Gasteiger partial charge in [0, 0.05) is 16.5 Å². The minimum Gasteiger partial charge on any atom is -0.309 e. The summed E-state index contributed by atoms with van der Waals surface area (Å²) in [5.74, 6) is 0. The van der Waals surface area contributed by atoms with Crippen LogP contribution in [0.5, 0.6) is 0 Å². The highest BCUT2D eigenvalue weighted by Gasteiger charge is 2.23. The van der Waals surface area contributed by atoms with Crippen molar-refractivity contribution in [2.45, 2.75) is 75.0 Å². The van der Waals surface area contributed by atoms with Crippen molar-refractivity contribution < 1.29 is 8.42 Å². The summed E-state index contributed by atoms with van der Waals surface area (Å²) < 4.78 is 28.7. The predicted octanol–water partition coefficient (Wildman–Crippen LogP) is 12.5. The van der Waals surface area contributed by atoms with Crippen LogP contribution in [0.2, 0.25) is 0 Å². The normalized spacial score (nSPS) is 13.4. The van der Waals surface area contributed by atoms with Gasteiger partial charge in [0.2, 0.25) is 9.84 Å². The van der Waals surface area contributed by atoms with E-state index in [2.05, 4.69) is 131 Å². The third kappa shape index (κ3) is 5.84. The van der Waals surface area contributed by atoms with Gasteiger partial charge in [-0.15, -0.1) is 0 Å². The summed E-state index contributed by atoms with van der Waals surface area (Å²) in [4.78, 5) is 0.618. The van der Waals surface area contributed by atoms with Crippen LogP contribution in [-0.2, 0) is 33.5 Å². The van der Waals surface area contributed by atoms with Crippen LogP contribution in [0.3, 0.4) is 0 Å². The van der Waals surface area contributed by atoms with Gasteiger partial charge in [-0.1, -0.05) is 120 Å². The first-order valence-electron chi connectivity index (χ1n) is 18.9. The molecule has 0 radical (unpaired) electrons. The van der Waals surface area contributed by atoms with Gasteiger partial charge in [-0.3, -0.25) is 0 Å². The van der Waals surface area contributed by atoms with Gasteiger partial charge in [-0.25, -0.2) is 8.42 Å². The second-order valence-electron chi connectivity index (χ2n) is 17.1. The Morgan fingerprint density at radius 1 is 0.463 bits per heavy atom. The Labute approximate surface area is 318 Å². The lowest BCUT2D eigenvalue weighted by Gasteiger charge is -2.22. The lowest BCUT2D eigenvalue weighted by atomic mass is 9.83. The van der Waals surface area contributed by atoms with E-state index >= 15 is 0 Å². The van der Waals surface area contributed by atoms with E-state index in [1.54, 1.807) is 36.4 Å². The van der Waals surface area contributed by atoms with Crippen LogP contribution in [-0.4, -0.2) is 13.0 Å². The number of benzene rings is 7. The average Bonchev–Trinajstić information content (AvgIpc) is 3.49. The largest absolute Gasteiger partial charge is 0.309 e. The molecule has 3 nitrogen and oxygen atoms in total. The average molecular weight is 724 g/mol. The highest BCUT2D eigenvalue weighted by molar-refractivity contribution is 7.91.